The van der Waals surface area contributed by atoms with Crippen molar-refractivity contribution in [2.24, 2.45) is 5.92 Å². The van der Waals surface area contributed by atoms with E-state index >= 15 is 0 Å². The lowest BCUT2D eigenvalue weighted by Gasteiger charge is -2.33. The standard InChI is InChI=1S/C14H20N2O2/c1-10-3-5-12(6-4-10)16(2)14(18)11-7-13(17)9-15-8-11/h7-10,12,17H,3-6H2,1-2H3. The summed E-state index contributed by atoms with van der Waals surface area (Å²) in [7, 11) is 1.84. The Bertz CT molecular complexity index is 426. The van der Waals surface area contributed by atoms with Gasteiger partial charge in [-0.15, -0.1) is 0 Å². The number of pyridine rings is 1. The number of hydrogen-bond acceptors (Lipinski definition) is 3. The van der Waals surface area contributed by atoms with Gasteiger partial charge in [-0.1, -0.05) is 6.92 Å². The lowest BCUT2D eigenvalue weighted by atomic mass is 9.86. The molecule has 4 heteroatoms. The third-order valence-electron chi connectivity index (χ3n) is 3.82. The fraction of sp³-hybridized carbons (Fsp3) is 0.571. The van der Waals surface area contributed by atoms with Crippen LogP contribution in [0.5, 0.6) is 5.75 Å². The highest BCUT2D eigenvalue weighted by molar-refractivity contribution is 5.94. The molecule has 1 saturated carbocycles. The minimum Gasteiger partial charge on any atom is -0.506 e. The van der Waals surface area contributed by atoms with Gasteiger partial charge in [-0.3, -0.25) is 9.78 Å². The van der Waals surface area contributed by atoms with Crippen molar-refractivity contribution in [3.63, 3.8) is 0 Å². The van der Waals surface area contributed by atoms with Gasteiger partial charge in [-0.25, -0.2) is 0 Å². The second kappa shape index (κ2) is 5.38. The van der Waals surface area contributed by atoms with Crippen molar-refractivity contribution in [1.29, 1.82) is 0 Å². The first-order valence-corrected chi connectivity index (χ1v) is 6.49. The molecule has 0 bridgehead atoms. The topological polar surface area (TPSA) is 53.4 Å². The molecule has 0 atom stereocenters. The van der Waals surface area contributed by atoms with Crippen molar-refractivity contribution >= 4 is 5.91 Å². The molecule has 4 nitrogen and oxygen atoms in total. The lowest BCUT2D eigenvalue weighted by molar-refractivity contribution is 0.0678. The summed E-state index contributed by atoms with van der Waals surface area (Å²) < 4.78 is 0. The average Bonchev–Trinajstić information content (AvgIpc) is 2.38. The zero-order valence-electron chi connectivity index (χ0n) is 11.0. The number of nitrogens with zero attached hydrogens (tertiary/aromatic N) is 2. The molecule has 98 valence electrons. The normalized spacial score (nSPS) is 23.7. The van der Waals surface area contributed by atoms with Crippen molar-refractivity contribution in [2.75, 3.05) is 7.05 Å². The van der Waals surface area contributed by atoms with Crippen LogP contribution in [0.25, 0.3) is 0 Å². The molecule has 1 aliphatic carbocycles. The molecular weight excluding hydrogens is 228 g/mol. The summed E-state index contributed by atoms with van der Waals surface area (Å²) in [6, 6.07) is 1.79. The Morgan fingerprint density at radius 3 is 2.61 bits per heavy atom. The number of aromatic nitrogens is 1. The van der Waals surface area contributed by atoms with E-state index in [0.717, 1.165) is 18.8 Å². The number of amides is 1. The summed E-state index contributed by atoms with van der Waals surface area (Å²) in [5, 5.41) is 9.36. The van der Waals surface area contributed by atoms with Crippen LogP contribution in [0.2, 0.25) is 0 Å². The molecule has 0 aliphatic heterocycles. The van der Waals surface area contributed by atoms with E-state index in [4.69, 9.17) is 0 Å². The zero-order valence-corrected chi connectivity index (χ0v) is 11.0. The summed E-state index contributed by atoms with van der Waals surface area (Å²) in [5.41, 5.74) is 0.455. The molecule has 0 aromatic carbocycles. The first-order chi connectivity index (χ1) is 8.58. The van der Waals surface area contributed by atoms with E-state index in [1.165, 1.54) is 31.3 Å². The molecule has 1 fully saturated rings. The van der Waals surface area contributed by atoms with Gasteiger partial charge in [0.2, 0.25) is 0 Å². The zero-order chi connectivity index (χ0) is 13.1. The maximum Gasteiger partial charge on any atom is 0.255 e. The largest absolute Gasteiger partial charge is 0.506 e. The van der Waals surface area contributed by atoms with E-state index in [2.05, 4.69) is 11.9 Å². The Kier molecular flexibility index (Phi) is 3.84. The molecule has 1 N–H and O–H groups in total. The fourth-order valence-corrected chi connectivity index (χ4v) is 2.54. The third kappa shape index (κ3) is 2.81. The summed E-state index contributed by atoms with van der Waals surface area (Å²) in [6.45, 7) is 2.26. The van der Waals surface area contributed by atoms with Gasteiger partial charge in [-0.05, 0) is 37.7 Å². The summed E-state index contributed by atoms with van der Waals surface area (Å²) >= 11 is 0. The second-order valence-corrected chi connectivity index (χ2v) is 5.26. The molecule has 2 rings (SSSR count). The van der Waals surface area contributed by atoms with E-state index in [1.54, 1.807) is 4.90 Å². The van der Waals surface area contributed by atoms with Crippen LogP contribution in [0.3, 0.4) is 0 Å². The van der Waals surface area contributed by atoms with Gasteiger partial charge in [0.1, 0.15) is 5.75 Å². The van der Waals surface area contributed by atoms with Crippen LogP contribution in [-0.2, 0) is 0 Å². The number of rotatable bonds is 2. The van der Waals surface area contributed by atoms with Crippen LogP contribution in [0.15, 0.2) is 18.5 Å². The van der Waals surface area contributed by atoms with Gasteiger partial charge in [0.25, 0.3) is 5.91 Å². The van der Waals surface area contributed by atoms with Crippen LogP contribution >= 0.6 is 0 Å². The first kappa shape index (κ1) is 12.9. The number of hydrogen-bond donors (Lipinski definition) is 1. The predicted molar refractivity (Wildman–Crippen MR) is 69.4 cm³/mol. The second-order valence-electron chi connectivity index (χ2n) is 5.26. The molecule has 0 saturated heterocycles. The number of carbonyl (C=O) groups is 1. The highest BCUT2D eigenvalue weighted by Gasteiger charge is 2.25. The molecule has 1 heterocycles. The minimum atomic E-state index is -0.0575. The SMILES string of the molecule is CC1CCC(N(C)C(=O)c2cncc(O)c2)CC1. The highest BCUT2D eigenvalue weighted by Crippen LogP contribution is 2.27. The Hall–Kier alpha value is -1.58. The van der Waals surface area contributed by atoms with Crippen molar-refractivity contribution in [2.45, 2.75) is 38.6 Å². The Morgan fingerprint density at radius 2 is 2.00 bits per heavy atom. The van der Waals surface area contributed by atoms with E-state index < -0.39 is 0 Å². The molecule has 0 radical (unpaired) electrons. The van der Waals surface area contributed by atoms with Crippen molar-refractivity contribution < 1.29 is 9.90 Å². The van der Waals surface area contributed by atoms with Gasteiger partial charge in [-0.2, -0.15) is 0 Å². The summed E-state index contributed by atoms with van der Waals surface area (Å²) in [6.07, 6.45) is 7.33. The maximum atomic E-state index is 12.3. The van der Waals surface area contributed by atoms with E-state index in [1.807, 2.05) is 7.05 Å². The summed E-state index contributed by atoms with van der Waals surface area (Å²) in [4.78, 5) is 17.9. The van der Waals surface area contributed by atoms with Crippen LogP contribution in [-0.4, -0.2) is 34.0 Å². The summed E-state index contributed by atoms with van der Waals surface area (Å²) in [5.74, 6) is 0.747. The molecule has 18 heavy (non-hydrogen) atoms. The van der Waals surface area contributed by atoms with Gasteiger partial charge < -0.3 is 10.0 Å². The molecule has 1 amide bonds. The van der Waals surface area contributed by atoms with Crippen molar-refractivity contribution in [1.82, 2.24) is 9.88 Å². The Morgan fingerprint density at radius 1 is 1.33 bits per heavy atom. The number of carbonyl (C=O) groups excluding carboxylic acids is 1. The highest BCUT2D eigenvalue weighted by atomic mass is 16.3. The van der Waals surface area contributed by atoms with Gasteiger partial charge in [0.05, 0.1) is 11.8 Å². The quantitative estimate of drug-likeness (QED) is 0.874. The van der Waals surface area contributed by atoms with Crippen LogP contribution in [0.4, 0.5) is 0 Å². The van der Waals surface area contributed by atoms with E-state index in [0.29, 0.717) is 11.6 Å². The maximum absolute atomic E-state index is 12.3. The molecule has 1 aliphatic rings. The minimum absolute atomic E-state index is 0.0338. The Labute approximate surface area is 108 Å². The van der Waals surface area contributed by atoms with Crippen molar-refractivity contribution in [3.05, 3.63) is 24.0 Å². The van der Waals surface area contributed by atoms with Crippen LogP contribution in [0, 0.1) is 5.92 Å². The van der Waals surface area contributed by atoms with Crippen LogP contribution < -0.4 is 0 Å². The average molecular weight is 248 g/mol. The predicted octanol–water partition coefficient (Wildman–Crippen LogP) is 2.44. The first-order valence-electron chi connectivity index (χ1n) is 6.49. The van der Waals surface area contributed by atoms with Gasteiger partial charge in [0, 0.05) is 19.3 Å². The monoisotopic (exact) mass is 248 g/mol. The molecule has 0 spiro atoms. The number of aromatic hydroxyl groups is 1. The lowest BCUT2D eigenvalue weighted by Crippen LogP contribution is -2.39. The van der Waals surface area contributed by atoms with Gasteiger partial charge >= 0.3 is 0 Å². The Balaban J connectivity index is 2.04. The molecule has 0 unspecified atom stereocenters. The van der Waals surface area contributed by atoms with E-state index in [9.17, 15) is 9.90 Å². The van der Waals surface area contributed by atoms with Gasteiger partial charge in [0.15, 0.2) is 0 Å². The van der Waals surface area contributed by atoms with Crippen LogP contribution in [0.1, 0.15) is 43.0 Å². The fourth-order valence-electron chi connectivity index (χ4n) is 2.54. The third-order valence-corrected chi connectivity index (χ3v) is 3.82. The van der Waals surface area contributed by atoms with Crippen molar-refractivity contribution in [3.8, 4) is 5.75 Å². The van der Waals surface area contributed by atoms with E-state index in [-0.39, 0.29) is 11.7 Å². The molecule has 1 aromatic rings. The smallest absolute Gasteiger partial charge is 0.255 e. The molecule has 1 aromatic heterocycles. The molecular formula is C14H20N2O2.